The first kappa shape index (κ1) is 15.2. The van der Waals surface area contributed by atoms with Crippen LogP contribution in [0, 0.1) is 5.41 Å². The molecule has 0 aliphatic rings. The monoisotopic (exact) mass is 275 g/mol. The molecule has 0 aliphatic carbocycles. The van der Waals surface area contributed by atoms with Gasteiger partial charge in [-0.25, -0.2) is 9.97 Å². The van der Waals surface area contributed by atoms with Gasteiger partial charge in [0.05, 0.1) is 5.84 Å². The van der Waals surface area contributed by atoms with E-state index in [1.165, 1.54) is 0 Å². The van der Waals surface area contributed by atoms with Crippen LogP contribution in [0.3, 0.4) is 0 Å². The van der Waals surface area contributed by atoms with E-state index in [-0.39, 0.29) is 24.2 Å². The SMILES string of the molecule is CC(C)N(CCC(=N)N)c1nccc(C(F)(F)F)n1. The molecule has 0 fully saturated rings. The van der Waals surface area contributed by atoms with Crippen LogP contribution in [0.1, 0.15) is 26.0 Å². The molecule has 0 saturated heterocycles. The summed E-state index contributed by atoms with van der Waals surface area (Å²) in [6, 6.07) is 0.732. The molecule has 0 spiro atoms. The van der Waals surface area contributed by atoms with Crippen LogP contribution < -0.4 is 10.6 Å². The molecule has 1 rings (SSSR count). The molecule has 0 bridgehead atoms. The Morgan fingerprint density at radius 1 is 1.47 bits per heavy atom. The number of alkyl halides is 3. The molecular formula is C11H16F3N5. The molecule has 8 heteroatoms. The zero-order valence-corrected chi connectivity index (χ0v) is 10.7. The van der Waals surface area contributed by atoms with Crippen molar-refractivity contribution in [1.29, 1.82) is 5.41 Å². The van der Waals surface area contributed by atoms with E-state index in [1.807, 2.05) is 13.8 Å². The minimum atomic E-state index is -4.50. The van der Waals surface area contributed by atoms with Crippen LogP contribution in [-0.4, -0.2) is 28.4 Å². The van der Waals surface area contributed by atoms with Gasteiger partial charge in [-0.2, -0.15) is 13.2 Å². The van der Waals surface area contributed by atoms with Crippen LogP contribution in [0.25, 0.3) is 0 Å². The van der Waals surface area contributed by atoms with Crippen molar-refractivity contribution in [3.05, 3.63) is 18.0 Å². The predicted octanol–water partition coefficient (Wildman–Crippen LogP) is 2.04. The molecular weight excluding hydrogens is 259 g/mol. The highest BCUT2D eigenvalue weighted by molar-refractivity contribution is 5.77. The number of nitrogens with two attached hydrogens (primary N) is 1. The van der Waals surface area contributed by atoms with Crippen LogP contribution in [0.5, 0.6) is 0 Å². The quantitative estimate of drug-likeness (QED) is 0.636. The Balaban J connectivity index is 2.99. The van der Waals surface area contributed by atoms with E-state index in [1.54, 1.807) is 4.90 Å². The summed E-state index contributed by atoms with van der Waals surface area (Å²) in [5, 5.41) is 7.16. The Bertz CT molecular complexity index is 444. The number of nitrogens with zero attached hydrogens (tertiary/aromatic N) is 3. The maximum Gasteiger partial charge on any atom is 0.433 e. The van der Waals surface area contributed by atoms with Crippen molar-refractivity contribution in [2.45, 2.75) is 32.5 Å². The zero-order valence-electron chi connectivity index (χ0n) is 10.7. The van der Waals surface area contributed by atoms with Gasteiger partial charge in [-0.15, -0.1) is 0 Å². The predicted molar refractivity (Wildman–Crippen MR) is 66.0 cm³/mol. The zero-order chi connectivity index (χ0) is 14.6. The Morgan fingerprint density at radius 2 is 2.11 bits per heavy atom. The summed E-state index contributed by atoms with van der Waals surface area (Å²) in [4.78, 5) is 8.96. The summed E-state index contributed by atoms with van der Waals surface area (Å²) in [6.45, 7) is 3.92. The summed E-state index contributed by atoms with van der Waals surface area (Å²) in [5.41, 5.74) is 4.27. The molecule has 0 unspecified atom stereocenters. The van der Waals surface area contributed by atoms with Gasteiger partial charge < -0.3 is 10.6 Å². The van der Waals surface area contributed by atoms with E-state index >= 15 is 0 Å². The lowest BCUT2D eigenvalue weighted by molar-refractivity contribution is -0.141. The molecule has 19 heavy (non-hydrogen) atoms. The third kappa shape index (κ3) is 4.38. The average Bonchev–Trinajstić information content (AvgIpc) is 2.27. The van der Waals surface area contributed by atoms with Gasteiger partial charge in [-0.3, -0.25) is 5.41 Å². The van der Waals surface area contributed by atoms with Gasteiger partial charge in [-0.1, -0.05) is 0 Å². The molecule has 3 N–H and O–H groups in total. The Labute approximate surface area is 109 Å². The average molecular weight is 275 g/mol. The van der Waals surface area contributed by atoms with E-state index in [4.69, 9.17) is 11.1 Å². The van der Waals surface area contributed by atoms with Gasteiger partial charge in [0.25, 0.3) is 0 Å². The smallest absolute Gasteiger partial charge is 0.388 e. The fourth-order valence-electron chi connectivity index (χ4n) is 1.47. The molecule has 106 valence electrons. The third-order valence-corrected chi connectivity index (χ3v) is 2.44. The molecule has 0 aromatic carbocycles. The highest BCUT2D eigenvalue weighted by atomic mass is 19.4. The number of amidine groups is 1. The second-order valence-corrected chi connectivity index (χ2v) is 4.30. The Hall–Kier alpha value is -1.86. The first-order valence-electron chi connectivity index (χ1n) is 5.71. The lowest BCUT2D eigenvalue weighted by Crippen LogP contribution is -2.35. The van der Waals surface area contributed by atoms with Crippen molar-refractivity contribution < 1.29 is 13.2 Å². The fraction of sp³-hybridized carbons (Fsp3) is 0.545. The first-order chi connectivity index (χ1) is 8.71. The molecule has 1 aromatic heterocycles. The number of rotatable bonds is 5. The van der Waals surface area contributed by atoms with Crippen LogP contribution in [0.2, 0.25) is 0 Å². The van der Waals surface area contributed by atoms with Gasteiger partial charge in [0.1, 0.15) is 5.69 Å². The van der Waals surface area contributed by atoms with Gasteiger partial charge in [0.2, 0.25) is 5.95 Å². The fourth-order valence-corrected chi connectivity index (χ4v) is 1.47. The second kappa shape index (κ2) is 5.85. The van der Waals surface area contributed by atoms with Crippen molar-refractivity contribution in [2.24, 2.45) is 5.73 Å². The molecule has 1 heterocycles. The summed E-state index contributed by atoms with van der Waals surface area (Å²) in [5.74, 6) is -0.0382. The van der Waals surface area contributed by atoms with Gasteiger partial charge >= 0.3 is 6.18 Å². The molecule has 0 aliphatic heterocycles. The lowest BCUT2D eigenvalue weighted by atomic mass is 10.3. The number of aromatic nitrogens is 2. The summed E-state index contributed by atoms with van der Waals surface area (Å²) < 4.78 is 37.8. The van der Waals surface area contributed by atoms with Gasteiger partial charge in [0.15, 0.2) is 0 Å². The number of halogens is 3. The second-order valence-electron chi connectivity index (χ2n) is 4.30. The van der Waals surface area contributed by atoms with Gasteiger partial charge in [0, 0.05) is 25.2 Å². The summed E-state index contributed by atoms with van der Waals surface area (Å²) in [6.07, 6.45) is -3.17. The highest BCUT2D eigenvalue weighted by Crippen LogP contribution is 2.28. The van der Waals surface area contributed by atoms with Crippen LogP contribution >= 0.6 is 0 Å². The largest absolute Gasteiger partial charge is 0.433 e. The molecule has 0 amide bonds. The van der Waals surface area contributed by atoms with E-state index in [9.17, 15) is 13.2 Å². The molecule has 0 atom stereocenters. The number of nitrogens with one attached hydrogen (secondary N) is 1. The van der Waals surface area contributed by atoms with Crippen molar-refractivity contribution in [3.63, 3.8) is 0 Å². The minimum Gasteiger partial charge on any atom is -0.388 e. The van der Waals surface area contributed by atoms with Crippen molar-refractivity contribution in [3.8, 4) is 0 Å². The Kier molecular flexibility index (Phi) is 4.68. The number of anilines is 1. The van der Waals surface area contributed by atoms with Crippen molar-refractivity contribution in [1.82, 2.24) is 9.97 Å². The first-order valence-corrected chi connectivity index (χ1v) is 5.71. The van der Waals surface area contributed by atoms with Crippen LogP contribution in [0.15, 0.2) is 12.3 Å². The van der Waals surface area contributed by atoms with Crippen molar-refractivity contribution >= 4 is 11.8 Å². The van der Waals surface area contributed by atoms with Crippen LogP contribution in [-0.2, 0) is 6.18 Å². The molecule has 1 aromatic rings. The maximum atomic E-state index is 12.6. The summed E-state index contributed by atoms with van der Waals surface area (Å²) >= 11 is 0. The van der Waals surface area contributed by atoms with E-state index in [0.717, 1.165) is 12.3 Å². The molecule has 0 saturated carbocycles. The lowest BCUT2D eigenvalue weighted by Gasteiger charge is -2.26. The highest BCUT2D eigenvalue weighted by Gasteiger charge is 2.33. The summed E-state index contributed by atoms with van der Waals surface area (Å²) in [7, 11) is 0. The number of hydrogen-bond donors (Lipinski definition) is 2. The Morgan fingerprint density at radius 3 is 2.58 bits per heavy atom. The normalized spacial score (nSPS) is 11.7. The minimum absolute atomic E-state index is 0.00826. The standard InChI is InChI=1S/C11H16F3N5/c1-7(2)19(6-4-9(15)16)10-17-5-3-8(18-10)11(12,13)14/h3,5,7H,4,6H2,1-2H3,(H3,15,16). The molecule has 5 nitrogen and oxygen atoms in total. The van der Waals surface area contributed by atoms with E-state index < -0.39 is 11.9 Å². The van der Waals surface area contributed by atoms with E-state index in [0.29, 0.717) is 6.54 Å². The number of hydrogen-bond acceptors (Lipinski definition) is 4. The van der Waals surface area contributed by atoms with Crippen molar-refractivity contribution in [2.75, 3.05) is 11.4 Å². The third-order valence-electron chi connectivity index (χ3n) is 2.44. The molecule has 0 radical (unpaired) electrons. The maximum absolute atomic E-state index is 12.6. The van der Waals surface area contributed by atoms with E-state index in [2.05, 4.69) is 9.97 Å². The van der Waals surface area contributed by atoms with Crippen LogP contribution in [0.4, 0.5) is 19.1 Å². The van der Waals surface area contributed by atoms with Gasteiger partial charge in [-0.05, 0) is 19.9 Å². The topological polar surface area (TPSA) is 78.9 Å².